The van der Waals surface area contributed by atoms with E-state index in [2.05, 4.69) is 6.92 Å². The SMILES string of the molecule is COC(=O)[C@@H]1CC[C@@H]2[C@@H]3CC[C@@H]4C[C@H](OC(C)=O)CC[C@]4(C)[C@H]3C(=O)[C@H](OC(C)=O)[C@@]21C. The minimum Gasteiger partial charge on any atom is -0.469 e. The van der Waals surface area contributed by atoms with Crippen molar-refractivity contribution in [1.29, 1.82) is 0 Å². The molecule has 0 N–H and O–H groups in total. The molecule has 178 valence electrons. The quantitative estimate of drug-likeness (QED) is 0.482. The Labute approximate surface area is 189 Å². The van der Waals surface area contributed by atoms with Crippen molar-refractivity contribution in [3.05, 3.63) is 0 Å². The van der Waals surface area contributed by atoms with Gasteiger partial charge in [0.05, 0.1) is 13.0 Å². The molecule has 0 amide bonds. The Morgan fingerprint density at radius 1 is 0.938 bits per heavy atom. The molecule has 0 aliphatic heterocycles. The molecule has 4 aliphatic rings. The van der Waals surface area contributed by atoms with Gasteiger partial charge in [-0.25, -0.2) is 0 Å². The van der Waals surface area contributed by atoms with Crippen molar-refractivity contribution in [2.24, 2.45) is 40.4 Å². The fourth-order valence-corrected chi connectivity index (χ4v) is 8.21. The lowest BCUT2D eigenvalue weighted by molar-refractivity contribution is -0.200. The van der Waals surface area contributed by atoms with Crippen LogP contribution in [0.25, 0.3) is 0 Å². The number of methoxy groups -OCH3 is 1. The summed E-state index contributed by atoms with van der Waals surface area (Å²) in [6, 6.07) is 0. The van der Waals surface area contributed by atoms with Crippen molar-refractivity contribution >= 4 is 23.7 Å². The zero-order valence-electron chi connectivity index (χ0n) is 19.8. The molecule has 0 aromatic rings. The smallest absolute Gasteiger partial charge is 0.309 e. The van der Waals surface area contributed by atoms with Crippen LogP contribution in [0.2, 0.25) is 0 Å². The molecule has 0 aromatic heterocycles. The lowest BCUT2D eigenvalue weighted by Crippen LogP contribution is -2.64. The van der Waals surface area contributed by atoms with Crippen LogP contribution in [-0.2, 0) is 33.4 Å². The third-order valence-electron chi connectivity index (χ3n) is 9.54. The Balaban J connectivity index is 1.70. The number of esters is 3. The number of fused-ring (bicyclic) bond motifs is 5. The van der Waals surface area contributed by atoms with E-state index in [4.69, 9.17) is 14.2 Å². The first-order chi connectivity index (χ1) is 15.0. The third kappa shape index (κ3) is 3.38. The molecule has 32 heavy (non-hydrogen) atoms. The number of ketones is 1. The summed E-state index contributed by atoms with van der Waals surface area (Å²) in [7, 11) is 1.38. The van der Waals surface area contributed by atoms with Gasteiger partial charge in [-0.05, 0) is 68.1 Å². The van der Waals surface area contributed by atoms with E-state index in [9.17, 15) is 19.2 Å². The van der Waals surface area contributed by atoms with E-state index in [-0.39, 0.29) is 52.9 Å². The summed E-state index contributed by atoms with van der Waals surface area (Å²) in [6.45, 7) is 6.93. The summed E-state index contributed by atoms with van der Waals surface area (Å²) in [5, 5.41) is 0. The largest absolute Gasteiger partial charge is 0.469 e. The first-order valence-electron chi connectivity index (χ1n) is 12.0. The lowest BCUT2D eigenvalue weighted by atomic mass is 9.43. The average Bonchev–Trinajstić information content (AvgIpc) is 3.07. The first kappa shape index (κ1) is 23.2. The monoisotopic (exact) mass is 448 g/mol. The molecular weight excluding hydrogens is 412 g/mol. The highest BCUT2D eigenvalue weighted by atomic mass is 16.6. The summed E-state index contributed by atoms with van der Waals surface area (Å²) in [6.07, 6.45) is 4.67. The van der Waals surface area contributed by atoms with Crippen LogP contribution in [0.5, 0.6) is 0 Å². The molecule has 4 rings (SSSR count). The maximum atomic E-state index is 14.1. The first-order valence-corrected chi connectivity index (χ1v) is 12.0. The second-order valence-corrected chi connectivity index (χ2v) is 10.9. The molecule has 9 atom stereocenters. The second kappa shape index (κ2) is 8.14. The Morgan fingerprint density at radius 2 is 1.62 bits per heavy atom. The van der Waals surface area contributed by atoms with E-state index in [1.165, 1.54) is 21.0 Å². The molecule has 0 unspecified atom stereocenters. The van der Waals surface area contributed by atoms with Crippen LogP contribution >= 0.6 is 0 Å². The fraction of sp³-hybridized carbons (Fsp3) is 0.840. The molecule has 0 radical (unpaired) electrons. The van der Waals surface area contributed by atoms with Gasteiger partial charge >= 0.3 is 17.9 Å². The van der Waals surface area contributed by atoms with Gasteiger partial charge in [0, 0.05) is 25.2 Å². The third-order valence-corrected chi connectivity index (χ3v) is 9.54. The molecule has 0 bridgehead atoms. The van der Waals surface area contributed by atoms with Gasteiger partial charge in [0.25, 0.3) is 0 Å². The van der Waals surface area contributed by atoms with Gasteiger partial charge in [0.2, 0.25) is 0 Å². The topological polar surface area (TPSA) is 96.0 Å². The normalized spacial score (nSPS) is 45.2. The molecule has 7 nitrogen and oxygen atoms in total. The van der Waals surface area contributed by atoms with Crippen molar-refractivity contribution < 1.29 is 33.4 Å². The van der Waals surface area contributed by atoms with E-state index in [1.54, 1.807) is 0 Å². The van der Waals surface area contributed by atoms with Gasteiger partial charge in [0.15, 0.2) is 11.9 Å². The highest BCUT2D eigenvalue weighted by Crippen LogP contribution is 2.67. The van der Waals surface area contributed by atoms with Crippen LogP contribution < -0.4 is 0 Å². The van der Waals surface area contributed by atoms with Gasteiger partial charge in [-0.2, -0.15) is 0 Å². The molecule has 0 aromatic carbocycles. The predicted molar refractivity (Wildman–Crippen MR) is 114 cm³/mol. The number of hydrogen-bond acceptors (Lipinski definition) is 7. The average molecular weight is 449 g/mol. The van der Waals surface area contributed by atoms with Crippen molar-refractivity contribution in [3.63, 3.8) is 0 Å². The standard InChI is InChI=1S/C25H36O7/c1-13(26)31-16-10-11-24(3)15(12-16)6-7-17-18-8-9-19(23(29)30-5)25(18,4)22(32-14(2)27)21(28)20(17)24/h15-20,22H,6-12H2,1-5H3/t15-,16-,17+,18-,19+,20-,22+,24+,25+/m1/s1. The van der Waals surface area contributed by atoms with Crippen LogP contribution in [0.3, 0.4) is 0 Å². The Hall–Kier alpha value is -1.92. The van der Waals surface area contributed by atoms with Crippen molar-refractivity contribution in [2.75, 3.05) is 7.11 Å². The van der Waals surface area contributed by atoms with Crippen LogP contribution in [0.15, 0.2) is 0 Å². The van der Waals surface area contributed by atoms with Gasteiger partial charge in [0.1, 0.15) is 6.10 Å². The Bertz CT molecular complexity index is 821. The van der Waals surface area contributed by atoms with Crippen LogP contribution in [0.1, 0.15) is 72.6 Å². The summed E-state index contributed by atoms with van der Waals surface area (Å²) < 4.78 is 16.3. The number of carbonyl (C=O) groups is 4. The molecule has 0 saturated heterocycles. The maximum Gasteiger partial charge on any atom is 0.309 e. The molecule has 4 fully saturated rings. The van der Waals surface area contributed by atoms with Gasteiger partial charge in [-0.15, -0.1) is 0 Å². The van der Waals surface area contributed by atoms with E-state index in [0.717, 1.165) is 38.5 Å². The number of rotatable bonds is 3. The Morgan fingerprint density at radius 3 is 2.25 bits per heavy atom. The highest BCUT2D eigenvalue weighted by molar-refractivity contribution is 5.91. The van der Waals surface area contributed by atoms with Crippen LogP contribution in [0, 0.1) is 40.4 Å². The van der Waals surface area contributed by atoms with Crippen molar-refractivity contribution in [2.45, 2.75) is 84.8 Å². The highest BCUT2D eigenvalue weighted by Gasteiger charge is 2.69. The summed E-state index contributed by atoms with van der Waals surface area (Å²) >= 11 is 0. The fourth-order valence-electron chi connectivity index (χ4n) is 8.21. The van der Waals surface area contributed by atoms with E-state index in [0.29, 0.717) is 6.42 Å². The summed E-state index contributed by atoms with van der Waals surface area (Å²) in [5.74, 6) is -1.18. The van der Waals surface area contributed by atoms with Gasteiger partial charge in [-0.1, -0.05) is 13.8 Å². The minimum atomic E-state index is -0.931. The lowest BCUT2D eigenvalue weighted by Gasteiger charge is -2.61. The molecular formula is C25H36O7. The molecule has 4 saturated carbocycles. The maximum absolute atomic E-state index is 14.1. The van der Waals surface area contributed by atoms with Gasteiger partial charge in [-0.3, -0.25) is 19.2 Å². The molecule has 0 heterocycles. The van der Waals surface area contributed by atoms with Crippen LogP contribution in [0.4, 0.5) is 0 Å². The predicted octanol–water partition coefficient (Wildman–Crippen LogP) is 3.47. The zero-order chi connectivity index (χ0) is 23.4. The molecule has 7 heteroatoms. The Kier molecular flexibility index (Phi) is 5.91. The summed E-state index contributed by atoms with van der Waals surface area (Å²) in [4.78, 5) is 50.3. The zero-order valence-corrected chi connectivity index (χ0v) is 19.8. The second-order valence-electron chi connectivity index (χ2n) is 10.9. The van der Waals surface area contributed by atoms with Gasteiger partial charge < -0.3 is 14.2 Å². The molecule has 4 aliphatic carbocycles. The number of carbonyl (C=O) groups excluding carboxylic acids is 4. The number of ether oxygens (including phenoxy) is 3. The number of Topliss-reactive ketones (excluding diaryl/α,β-unsaturated/α-hetero) is 1. The number of hydrogen-bond donors (Lipinski definition) is 0. The van der Waals surface area contributed by atoms with E-state index >= 15 is 0 Å². The van der Waals surface area contributed by atoms with E-state index in [1.807, 2.05) is 6.92 Å². The van der Waals surface area contributed by atoms with E-state index < -0.39 is 23.4 Å². The summed E-state index contributed by atoms with van der Waals surface area (Å²) in [5.41, 5.74) is -0.963. The van der Waals surface area contributed by atoms with Crippen LogP contribution in [-0.4, -0.2) is 43.0 Å². The van der Waals surface area contributed by atoms with Crippen molar-refractivity contribution in [3.8, 4) is 0 Å². The minimum absolute atomic E-state index is 0.0297. The molecule has 0 spiro atoms. The van der Waals surface area contributed by atoms with Crippen molar-refractivity contribution in [1.82, 2.24) is 0 Å².